The molecule has 5 aromatic rings. The number of aryl methyl sites for hydroxylation is 2. The maximum atomic E-state index is 9.68. The average Bonchev–Trinajstić information content (AvgIpc) is 3.05. The predicted molar refractivity (Wildman–Crippen MR) is 185 cm³/mol. The van der Waals surface area contributed by atoms with Crippen molar-refractivity contribution in [3.8, 4) is 0 Å². The third-order valence-electron chi connectivity index (χ3n) is 7.37. The molecule has 0 amide bonds. The van der Waals surface area contributed by atoms with Crippen molar-refractivity contribution < 1.29 is 19.3 Å². The summed E-state index contributed by atoms with van der Waals surface area (Å²) in [6.45, 7) is 0.830. The zero-order valence-corrected chi connectivity index (χ0v) is 25.8. The van der Waals surface area contributed by atoms with Gasteiger partial charge in [-0.05, 0) is 64.7 Å². The van der Waals surface area contributed by atoms with Crippen LogP contribution in [0.1, 0.15) is 22.3 Å². The Kier molecular flexibility index (Phi) is 10.7. The topological polar surface area (TPSA) is 75.5 Å². The highest BCUT2D eigenvalue weighted by Gasteiger charge is 2.10. The fourth-order valence-electron chi connectivity index (χ4n) is 4.87. The summed E-state index contributed by atoms with van der Waals surface area (Å²) in [6, 6.07) is 31.1. The van der Waals surface area contributed by atoms with Crippen molar-refractivity contribution in [1.29, 1.82) is 0 Å². The fourth-order valence-corrected chi connectivity index (χ4v) is 4.87. The molecular formula is C38H41N5O2+2. The van der Waals surface area contributed by atoms with Gasteiger partial charge in [-0.15, -0.1) is 0 Å². The van der Waals surface area contributed by atoms with Gasteiger partial charge in [-0.25, -0.2) is 9.13 Å². The molecule has 2 aromatic heterocycles. The highest BCUT2D eigenvalue weighted by molar-refractivity contribution is 5.77. The van der Waals surface area contributed by atoms with Gasteiger partial charge in [0.2, 0.25) is 0 Å². The molecule has 5 rings (SSSR count). The van der Waals surface area contributed by atoms with Gasteiger partial charge in [-0.3, -0.25) is 0 Å². The Morgan fingerprint density at radius 1 is 0.511 bits per heavy atom. The number of hydrogen-bond acceptors (Lipinski definition) is 5. The maximum absolute atomic E-state index is 9.68. The van der Waals surface area contributed by atoms with Crippen molar-refractivity contribution in [1.82, 2.24) is 0 Å². The molecule has 0 saturated heterocycles. The molecule has 3 aromatic carbocycles. The van der Waals surface area contributed by atoms with E-state index in [4.69, 9.17) is 0 Å². The van der Waals surface area contributed by atoms with Gasteiger partial charge < -0.3 is 25.7 Å². The summed E-state index contributed by atoms with van der Waals surface area (Å²) in [6.07, 6.45) is 16.5. The molecule has 0 unspecified atom stereocenters. The number of hydrogen-bond donors (Lipinski definition) is 4. The molecule has 0 fully saturated rings. The lowest BCUT2D eigenvalue weighted by Crippen LogP contribution is -2.29. The van der Waals surface area contributed by atoms with E-state index in [2.05, 4.69) is 114 Å². The standard InChI is InChI=1S/C38H39N5O2/c1-41-19-15-32(16-20-41)5-3-30-7-11-34(12-8-30)39-36-27-37(29-38(28-36)43(23-25-44)24-26-45)40-35-13-9-31(10-14-35)4-6-33-17-21-42(2)22-18-33/h3-22,27-29,44-45H,23-26H2,1-2H3/p+2. The van der Waals surface area contributed by atoms with Crippen molar-refractivity contribution in [2.24, 2.45) is 14.1 Å². The molecule has 4 N–H and O–H groups in total. The van der Waals surface area contributed by atoms with Crippen molar-refractivity contribution >= 4 is 52.7 Å². The summed E-state index contributed by atoms with van der Waals surface area (Å²) in [5, 5.41) is 26.4. The van der Waals surface area contributed by atoms with Gasteiger partial charge in [-0.1, -0.05) is 48.6 Å². The first kappa shape index (κ1) is 31.2. The average molecular weight is 600 g/mol. The zero-order chi connectivity index (χ0) is 31.4. The lowest BCUT2D eigenvalue weighted by atomic mass is 10.1. The van der Waals surface area contributed by atoms with E-state index in [1.54, 1.807) is 0 Å². The summed E-state index contributed by atoms with van der Waals surface area (Å²) in [4.78, 5) is 1.98. The van der Waals surface area contributed by atoms with Crippen molar-refractivity contribution in [2.75, 3.05) is 41.8 Å². The zero-order valence-electron chi connectivity index (χ0n) is 25.8. The van der Waals surface area contributed by atoms with Crippen LogP contribution >= 0.6 is 0 Å². The minimum Gasteiger partial charge on any atom is -0.395 e. The number of rotatable bonds is 13. The number of nitrogens with zero attached hydrogens (tertiary/aromatic N) is 3. The third kappa shape index (κ3) is 9.37. The second-order valence-electron chi connectivity index (χ2n) is 11.0. The van der Waals surface area contributed by atoms with Crippen LogP contribution in [0, 0.1) is 0 Å². The molecule has 0 atom stereocenters. The highest BCUT2D eigenvalue weighted by atomic mass is 16.3. The van der Waals surface area contributed by atoms with Crippen LogP contribution in [0.2, 0.25) is 0 Å². The second-order valence-corrected chi connectivity index (χ2v) is 11.0. The molecule has 7 heteroatoms. The highest BCUT2D eigenvalue weighted by Crippen LogP contribution is 2.30. The van der Waals surface area contributed by atoms with E-state index in [0.717, 1.165) is 50.7 Å². The molecule has 0 radical (unpaired) electrons. The Hall–Kier alpha value is -5.24. The Balaban J connectivity index is 1.32. The molecule has 228 valence electrons. The van der Waals surface area contributed by atoms with Crippen LogP contribution in [0.25, 0.3) is 24.3 Å². The van der Waals surface area contributed by atoms with E-state index in [0.29, 0.717) is 13.1 Å². The quantitative estimate of drug-likeness (QED) is 0.126. The van der Waals surface area contributed by atoms with Gasteiger partial charge in [0.15, 0.2) is 24.8 Å². The minimum absolute atomic E-state index is 0.00672. The number of aliphatic hydroxyl groups is 2. The van der Waals surface area contributed by atoms with Gasteiger partial charge in [-0.2, -0.15) is 0 Å². The van der Waals surface area contributed by atoms with Crippen LogP contribution in [-0.4, -0.2) is 36.5 Å². The lowest BCUT2D eigenvalue weighted by Gasteiger charge is -2.25. The number of pyridine rings is 2. The van der Waals surface area contributed by atoms with Gasteiger partial charge in [0.1, 0.15) is 14.1 Å². The monoisotopic (exact) mass is 599 g/mol. The molecule has 0 saturated carbocycles. The van der Waals surface area contributed by atoms with E-state index in [1.807, 2.05) is 65.0 Å². The number of anilines is 5. The van der Waals surface area contributed by atoms with Crippen molar-refractivity contribution in [3.05, 3.63) is 138 Å². The fraction of sp³-hybridized carbons (Fsp3) is 0.158. The first-order chi connectivity index (χ1) is 22.0. The molecule has 0 bridgehead atoms. The van der Waals surface area contributed by atoms with E-state index in [-0.39, 0.29) is 13.2 Å². The van der Waals surface area contributed by atoms with E-state index in [1.165, 1.54) is 0 Å². The van der Waals surface area contributed by atoms with Crippen LogP contribution in [0.15, 0.2) is 116 Å². The summed E-state index contributed by atoms with van der Waals surface area (Å²) in [5.41, 5.74) is 9.13. The molecule has 0 aliphatic heterocycles. The van der Waals surface area contributed by atoms with Crippen LogP contribution in [-0.2, 0) is 14.1 Å². The molecule has 0 aliphatic rings. The van der Waals surface area contributed by atoms with Gasteiger partial charge in [0, 0.05) is 65.8 Å². The van der Waals surface area contributed by atoms with Crippen LogP contribution < -0.4 is 24.7 Å². The van der Waals surface area contributed by atoms with Crippen molar-refractivity contribution in [3.63, 3.8) is 0 Å². The van der Waals surface area contributed by atoms with E-state index in [9.17, 15) is 10.2 Å². The second kappa shape index (κ2) is 15.5. The Morgan fingerprint density at radius 2 is 0.867 bits per heavy atom. The summed E-state index contributed by atoms with van der Waals surface area (Å²) in [5.74, 6) is 0. The Labute approximate surface area is 265 Å². The van der Waals surface area contributed by atoms with Crippen LogP contribution in [0.5, 0.6) is 0 Å². The summed E-state index contributed by atoms with van der Waals surface area (Å²) in [7, 11) is 4.02. The normalized spacial score (nSPS) is 11.3. The maximum Gasteiger partial charge on any atom is 0.169 e. The largest absolute Gasteiger partial charge is 0.395 e. The summed E-state index contributed by atoms with van der Waals surface area (Å²) < 4.78 is 4.03. The third-order valence-corrected chi connectivity index (χ3v) is 7.37. The molecule has 0 spiro atoms. The Morgan fingerprint density at radius 3 is 1.22 bits per heavy atom. The van der Waals surface area contributed by atoms with Crippen LogP contribution in [0.3, 0.4) is 0 Å². The molecule has 2 heterocycles. The first-order valence-corrected chi connectivity index (χ1v) is 15.1. The van der Waals surface area contributed by atoms with Crippen LogP contribution in [0.4, 0.5) is 28.4 Å². The molecule has 45 heavy (non-hydrogen) atoms. The number of aromatic nitrogens is 2. The predicted octanol–water partition coefficient (Wildman–Crippen LogP) is 5.95. The molecule has 7 nitrogen and oxygen atoms in total. The van der Waals surface area contributed by atoms with Gasteiger partial charge in [0.25, 0.3) is 0 Å². The number of benzene rings is 3. The van der Waals surface area contributed by atoms with E-state index < -0.39 is 0 Å². The van der Waals surface area contributed by atoms with Gasteiger partial charge >= 0.3 is 0 Å². The van der Waals surface area contributed by atoms with E-state index >= 15 is 0 Å². The Bertz CT molecular complexity index is 1590. The molecule has 0 aliphatic carbocycles. The van der Waals surface area contributed by atoms with Crippen molar-refractivity contribution in [2.45, 2.75) is 0 Å². The van der Waals surface area contributed by atoms with Gasteiger partial charge in [0.05, 0.1) is 13.2 Å². The molecular weight excluding hydrogens is 558 g/mol. The first-order valence-electron chi connectivity index (χ1n) is 15.1. The lowest BCUT2D eigenvalue weighted by molar-refractivity contribution is -0.671. The minimum atomic E-state index is -0.00672. The smallest absolute Gasteiger partial charge is 0.169 e. The SMILES string of the molecule is C[n+]1ccc(/C=C/c2ccc(Nc3cc(Nc4ccc(/C=C/c5cc[n+](C)cc5)cc4)cc(N(CCO)CCO)c3)cc2)cc1. The summed E-state index contributed by atoms with van der Waals surface area (Å²) >= 11 is 0. The number of aliphatic hydroxyl groups excluding tert-OH is 2. The number of nitrogens with one attached hydrogen (secondary N) is 2.